The van der Waals surface area contributed by atoms with Crippen molar-refractivity contribution in [3.63, 3.8) is 0 Å². The first-order valence-electron chi connectivity index (χ1n) is 10.4. The Morgan fingerprint density at radius 2 is 1.89 bits per heavy atom. The molecule has 3 aliphatic rings. The van der Waals surface area contributed by atoms with Gasteiger partial charge in [-0.2, -0.15) is 0 Å². The molecule has 2 saturated carbocycles. The fourth-order valence-electron chi connectivity index (χ4n) is 5.66. The van der Waals surface area contributed by atoms with E-state index < -0.39 is 17.6 Å². The van der Waals surface area contributed by atoms with Gasteiger partial charge in [-0.1, -0.05) is 36.8 Å². The molecule has 0 aromatic heterocycles. The number of nitrogens with zero attached hydrogens (tertiary/aromatic N) is 1. The second-order valence-electron chi connectivity index (χ2n) is 8.74. The zero-order valence-electron chi connectivity index (χ0n) is 16.3. The molecule has 6 nitrogen and oxygen atoms in total. The highest BCUT2D eigenvalue weighted by molar-refractivity contribution is 5.84. The molecule has 0 spiro atoms. The standard InChI is InChI=1S/C22H29NO5/c1-22-15(11-12-17(22)20(25)21(26)23(22)27)13-19(24)28-18-10-6-5-9-16(18)14-7-3-2-4-8-14/h2-4,7-8,15-18,20,25,27H,5-6,9-13H2,1H3/t15-,16-,17+,18+,20-,22+/m0/s1. The molecule has 1 saturated heterocycles. The second-order valence-corrected chi connectivity index (χ2v) is 8.74. The van der Waals surface area contributed by atoms with E-state index in [1.807, 2.05) is 18.2 Å². The summed E-state index contributed by atoms with van der Waals surface area (Å²) in [6, 6.07) is 10.2. The van der Waals surface area contributed by atoms with Crippen molar-refractivity contribution in [2.45, 2.75) is 75.5 Å². The van der Waals surface area contributed by atoms with Crippen LogP contribution in [0.25, 0.3) is 0 Å². The van der Waals surface area contributed by atoms with E-state index in [0.717, 1.165) is 25.7 Å². The minimum atomic E-state index is -1.18. The van der Waals surface area contributed by atoms with Crippen molar-refractivity contribution in [1.29, 1.82) is 0 Å². The van der Waals surface area contributed by atoms with Gasteiger partial charge in [-0.3, -0.25) is 14.8 Å². The van der Waals surface area contributed by atoms with Gasteiger partial charge in [0.2, 0.25) is 0 Å². The molecule has 0 bridgehead atoms. The summed E-state index contributed by atoms with van der Waals surface area (Å²) in [6.45, 7) is 1.77. The Bertz CT molecular complexity index is 738. The average Bonchev–Trinajstić information content (AvgIpc) is 3.11. The zero-order valence-corrected chi connectivity index (χ0v) is 16.3. The Morgan fingerprint density at radius 1 is 1.18 bits per heavy atom. The van der Waals surface area contributed by atoms with Crippen LogP contribution >= 0.6 is 0 Å². The molecular weight excluding hydrogens is 358 g/mol. The highest BCUT2D eigenvalue weighted by Gasteiger charge is 2.62. The number of hydroxylamine groups is 2. The monoisotopic (exact) mass is 387 g/mol. The number of carbonyl (C=O) groups is 2. The smallest absolute Gasteiger partial charge is 0.306 e. The third-order valence-corrected chi connectivity index (χ3v) is 7.33. The van der Waals surface area contributed by atoms with Crippen LogP contribution in [0.5, 0.6) is 0 Å². The normalized spacial score (nSPS) is 37.8. The Hall–Kier alpha value is -1.92. The van der Waals surface area contributed by atoms with Crippen LogP contribution in [0, 0.1) is 11.8 Å². The van der Waals surface area contributed by atoms with Crippen LogP contribution in [0.2, 0.25) is 0 Å². The largest absolute Gasteiger partial charge is 0.462 e. The maximum absolute atomic E-state index is 12.8. The number of hydrogen-bond donors (Lipinski definition) is 2. The Labute approximate surface area is 165 Å². The van der Waals surface area contributed by atoms with Gasteiger partial charge < -0.3 is 9.84 Å². The summed E-state index contributed by atoms with van der Waals surface area (Å²) in [7, 11) is 0. The van der Waals surface area contributed by atoms with Gasteiger partial charge in [0.15, 0.2) is 0 Å². The molecule has 4 rings (SSSR count). The quantitative estimate of drug-likeness (QED) is 0.613. The summed E-state index contributed by atoms with van der Waals surface area (Å²) in [5.74, 6) is -1.27. The lowest BCUT2D eigenvalue weighted by atomic mass is 9.80. The van der Waals surface area contributed by atoms with E-state index in [4.69, 9.17) is 4.74 Å². The Morgan fingerprint density at radius 3 is 2.64 bits per heavy atom. The molecule has 6 atom stereocenters. The number of fused-ring (bicyclic) bond motifs is 1. The van der Waals surface area contributed by atoms with Crippen molar-refractivity contribution in [1.82, 2.24) is 5.06 Å². The van der Waals surface area contributed by atoms with E-state index in [1.165, 1.54) is 5.56 Å². The van der Waals surface area contributed by atoms with E-state index in [9.17, 15) is 19.9 Å². The Balaban J connectivity index is 1.43. The molecule has 1 heterocycles. The molecule has 1 aromatic carbocycles. The minimum absolute atomic E-state index is 0.130. The number of aliphatic hydroxyl groups excluding tert-OH is 1. The zero-order chi connectivity index (χ0) is 19.9. The van der Waals surface area contributed by atoms with Crippen LogP contribution in [0.3, 0.4) is 0 Å². The summed E-state index contributed by atoms with van der Waals surface area (Å²) in [5, 5.41) is 21.0. The van der Waals surface area contributed by atoms with E-state index in [2.05, 4.69) is 12.1 Å². The van der Waals surface area contributed by atoms with Crippen molar-refractivity contribution in [3.8, 4) is 0 Å². The number of hydrogen-bond acceptors (Lipinski definition) is 5. The molecule has 2 aliphatic carbocycles. The number of carbonyl (C=O) groups excluding carboxylic acids is 2. The highest BCUT2D eigenvalue weighted by atomic mass is 16.5. The number of aliphatic hydroxyl groups is 1. The van der Waals surface area contributed by atoms with Gasteiger partial charge in [0.05, 0.1) is 12.0 Å². The lowest BCUT2D eigenvalue weighted by Gasteiger charge is -2.36. The van der Waals surface area contributed by atoms with E-state index >= 15 is 0 Å². The highest BCUT2D eigenvalue weighted by Crippen LogP contribution is 2.51. The van der Waals surface area contributed by atoms with Gasteiger partial charge in [0.25, 0.3) is 5.91 Å². The molecule has 3 fully saturated rings. The van der Waals surface area contributed by atoms with E-state index in [1.54, 1.807) is 6.92 Å². The van der Waals surface area contributed by atoms with Crippen molar-refractivity contribution >= 4 is 11.9 Å². The van der Waals surface area contributed by atoms with Crippen LogP contribution in [0.4, 0.5) is 0 Å². The number of benzene rings is 1. The molecule has 1 aliphatic heterocycles. The maximum atomic E-state index is 12.8. The molecule has 0 unspecified atom stereocenters. The lowest BCUT2D eigenvalue weighted by Crippen LogP contribution is -2.48. The molecule has 1 amide bonds. The van der Waals surface area contributed by atoms with E-state index in [-0.39, 0.29) is 36.2 Å². The fraction of sp³-hybridized carbons (Fsp3) is 0.636. The molecule has 1 aromatic rings. The van der Waals surface area contributed by atoms with Crippen LogP contribution in [0.15, 0.2) is 30.3 Å². The number of ether oxygens (including phenoxy) is 1. The molecule has 0 radical (unpaired) electrons. The lowest BCUT2D eigenvalue weighted by molar-refractivity contribution is -0.190. The summed E-state index contributed by atoms with van der Waals surface area (Å²) >= 11 is 0. The van der Waals surface area contributed by atoms with Gasteiger partial charge in [-0.15, -0.1) is 0 Å². The van der Waals surface area contributed by atoms with Crippen molar-refractivity contribution in [2.24, 2.45) is 11.8 Å². The van der Waals surface area contributed by atoms with Crippen molar-refractivity contribution in [2.75, 3.05) is 0 Å². The number of esters is 1. The van der Waals surface area contributed by atoms with Crippen LogP contribution in [0.1, 0.15) is 63.4 Å². The summed E-state index contributed by atoms with van der Waals surface area (Å²) in [6.07, 6.45) is 4.20. The number of rotatable bonds is 4. The number of amides is 1. The van der Waals surface area contributed by atoms with Crippen molar-refractivity contribution < 1.29 is 24.6 Å². The van der Waals surface area contributed by atoms with Gasteiger partial charge in [-0.25, -0.2) is 5.06 Å². The van der Waals surface area contributed by atoms with Gasteiger partial charge >= 0.3 is 5.97 Å². The predicted molar refractivity (Wildman–Crippen MR) is 101 cm³/mol. The van der Waals surface area contributed by atoms with Gasteiger partial charge in [0.1, 0.15) is 12.2 Å². The maximum Gasteiger partial charge on any atom is 0.306 e. The average molecular weight is 387 g/mol. The van der Waals surface area contributed by atoms with Gasteiger partial charge in [-0.05, 0) is 50.5 Å². The third kappa shape index (κ3) is 3.12. The SMILES string of the molecule is C[C@@]12[C@H](CC(=O)O[C@@H]3CCCC[C@H]3c3ccccc3)CC[C@@H]1[C@H](O)C(=O)N2O. The topological polar surface area (TPSA) is 87.1 Å². The third-order valence-electron chi connectivity index (χ3n) is 7.33. The predicted octanol–water partition coefficient (Wildman–Crippen LogP) is 3.02. The minimum Gasteiger partial charge on any atom is -0.462 e. The summed E-state index contributed by atoms with van der Waals surface area (Å²) in [4.78, 5) is 24.8. The first-order chi connectivity index (χ1) is 13.4. The first kappa shape index (κ1) is 19.4. The molecule has 2 N–H and O–H groups in total. The summed E-state index contributed by atoms with van der Waals surface area (Å²) < 4.78 is 5.92. The van der Waals surface area contributed by atoms with Crippen LogP contribution in [-0.2, 0) is 14.3 Å². The fourth-order valence-corrected chi connectivity index (χ4v) is 5.66. The summed E-state index contributed by atoms with van der Waals surface area (Å²) in [5.41, 5.74) is 0.305. The van der Waals surface area contributed by atoms with Crippen molar-refractivity contribution in [3.05, 3.63) is 35.9 Å². The van der Waals surface area contributed by atoms with Crippen LogP contribution in [-0.4, -0.2) is 45.0 Å². The molecule has 152 valence electrons. The second kappa shape index (κ2) is 7.48. The van der Waals surface area contributed by atoms with Crippen LogP contribution < -0.4 is 0 Å². The molecule has 6 heteroatoms. The first-order valence-corrected chi connectivity index (χ1v) is 10.4. The van der Waals surface area contributed by atoms with E-state index in [0.29, 0.717) is 17.9 Å². The molecular formula is C22H29NO5. The van der Waals surface area contributed by atoms with Gasteiger partial charge in [0, 0.05) is 11.8 Å². The molecule has 28 heavy (non-hydrogen) atoms. The Kier molecular flexibility index (Phi) is 5.19.